The first-order chi connectivity index (χ1) is 9.83. The number of hydrogen-bond donors (Lipinski definition) is 1. The fourth-order valence-corrected chi connectivity index (χ4v) is 1.71. The standard InChI is InChI=1S/C15H19N3O2/c1-3-9-20-13-5-4-7-17-15(13)18-11-12-6-8-16-14(10-12)19-2/h4-8,10H,3,9,11H2,1-2H3,(H,17,18). The molecule has 0 spiro atoms. The van der Waals surface area contributed by atoms with Gasteiger partial charge in [0.05, 0.1) is 13.7 Å². The number of aromatic nitrogens is 2. The van der Waals surface area contributed by atoms with Gasteiger partial charge in [0, 0.05) is 25.0 Å². The maximum Gasteiger partial charge on any atom is 0.213 e. The predicted molar refractivity (Wildman–Crippen MR) is 78.1 cm³/mol. The molecule has 0 aliphatic carbocycles. The minimum Gasteiger partial charge on any atom is -0.490 e. The third kappa shape index (κ3) is 3.85. The Balaban J connectivity index is 2.02. The van der Waals surface area contributed by atoms with E-state index in [1.54, 1.807) is 19.5 Å². The molecule has 0 bridgehead atoms. The summed E-state index contributed by atoms with van der Waals surface area (Å²) < 4.78 is 10.8. The molecule has 0 aliphatic heterocycles. The van der Waals surface area contributed by atoms with Crippen molar-refractivity contribution < 1.29 is 9.47 Å². The molecule has 2 aromatic rings. The molecule has 5 nitrogen and oxygen atoms in total. The van der Waals surface area contributed by atoms with E-state index in [-0.39, 0.29) is 0 Å². The van der Waals surface area contributed by atoms with Crippen LogP contribution in [0.4, 0.5) is 5.82 Å². The van der Waals surface area contributed by atoms with Crippen molar-refractivity contribution in [2.45, 2.75) is 19.9 Å². The highest BCUT2D eigenvalue weighted by Gasteiger charge is 2.04. The van der Waals surface area contributed by atoms with Crippen molar-refractivity contribution in [1.29, 1.82) is 0 Å². The largest absolute Gasteiger partial charge is 0.490 e. The topological polar surface area (TPSA) is 56.3 Å². The quantitative estimate of drug-likeness (QED) is 0.840. The Kier molecular flexibility index (Phi) is 5.17. The maximum atomic E-state index is 5.66. The van der Waals surface area contributed by atoms with E-state index in [0.29, 0.717) is 19.0 Å². The van der Waals surface area contributed by atoms with Gasteiger partial charge >= 0.3 is 0 Å². The molecule has 106 valence electrons. The van der Waals surface area contributed by atoms with Gasteiger partial charge in [0.2, 0.25) is 5.88 Å². The summed E-state index contributed by atoms with van der Waals surface area (Å²) in [6.45, 7) is 3.40. The highest BCUT2D eigenvalue weighted by atomic mass is 16.5. The average Bonchev–Trinajstić information content (AvgIpc) is 2.52. The zero-order valence-electron chi connectivity index (χ0n) is 11.8. The molecule has 2 heterocycles. The number of hydrogen-bond acceptors (Lipinski definition) is 5. The summed E-state index contributed by atoms with van der Waals surface area (Å²) in [4.78, 5) is 8.39. The van der Waals surface area contributed by atoms with E-state index in [4.69, 9.17) is 9.47 Å². The summed E-state index contributed by atoms with van der Waals surface area (Å²) >= 11 is 0. The molecule has 2 aromatic heterocycles. The molecule has 0 amide bonds. The average molecular weight is 273 g/mol. The second-order valence-corrected chi connectivity index (χ2v) is 4.26. The van der Waals surface area contributed by atoms with E-state index in [9.17, 15) is 0 Å². The molecule has 1 N–H and O–H groups in total. The molecule has 2 rings (SSSR count). The van der Waals surface area contributed by atoms with E-state index >= 15 is 0 Å². The highest BCUT2D eigenvalue weighted by molar-refractivity contribution is 5.49. The van der Waals surface area contributed by atoms with Gasteiger partial charge in [-0.25, -0.2) is 9.97 Å². The van der Waals surface area contributed by atoms with Gasteiger partial charge in [-0.15, -0.1) is 0 Å². The van der Waals surface area contributed by atoms with Gasteiger partial charge < -0.3 is 14.8 Å². The van der Waals surface area contributed by atoms with Crippen molar-refractivity contribution in [2.75, 3.05) is 19.0 Å². The van der Waals surface area contributed by atoms with Gasteiger partial charge in [-0.1, -0.05) is 6.92 Å². The van der Waals surface area contributed by atoms with E-state index in [0.717, 1.165) is 23.6 Å². The highest BCUT2D eigenvalue weighted by Crippen LogP contribution is 2.22. The number of rotatable bonds is 7. The summed E-state index contributed by atoms with van der Waals surface area (Å²) in [5.41, 5.74) is 1.07. The van der Waals surface area contributed by atoms with Crippen molar-refractivity contribution in [3.05, 3.63) is 42.2 Å². The third-order valence-corrected chi connectivity index (χ3v) is 2.70. The lowest BCUT2D eigenvalue weighted by molar-refractivity contribution is 0.318. The molecule has 0 fully saturated rings. The number of methoxy groups -OCH3 is 1. The smallest absolute Gasteiger partial charge is 0.213 e. The van der Waals surface area contributed by atoms with Crippen LogP contribution in [-0.2, 0) is 6.54 Å². The Bertz CT molecular complexity index is 546. The van der Waals surface area contributed by atoms with Crippen LogP contribution in [0.3, 0.4) is 0 Å². The van der Waals surface area contributed by atoms with Gasteiger partial charge in [-0.3, -0.25) is 0 Å². The fraction of sp³-hybridized carbons (Fsp3) is 0.333. The molecule has 0 unspecified atom stereocenters. The molecule has 0 saturated heterocycles. The Morgan fingerprint density at radius 3 is 2.90 bits per heavy atom. The molecule has 0 saturated carbocycles. The second kappa shape index (κ2) is 7.33. The van der Waals surface area contributed by atoms with E-state index < -0.39 is 0 Å². The normalized spacial score (nSPS) is 10.1. The summed E-state index contributed by atoms with van der Waals surface area (Å²) in [6, 6.07) is 7.61. The van der Waals surface area contributed by atoms with E-state index in [2.05, 4.69) is 22.2 Å². The second-order valence-electron chi connectivity index (χ2n) is 4.26. The van der Waals surface area contributed by atoms with Crippen LogP contribution >= 0.6 is 0 Å². The van der Waals surface area contributed by atoms with Crippen LogP contribution in [0, 0.1) is 0 Å². The van der Waals surface area contributed by atoms with Crippen LogP contribution in [0.25, 0.3) is 0 Å². The molecule has 5 heteroatoms. The lowest BCUT2D eigenvalue weighted by Gasteiger charge is -2.11. The van der Waals surface area contributed by atoms with Crippen LogP contribution in [0.1, 0.15) is 18.9 Å². The van der Waals surface area contributed by atoms with Gasteiger partial charge in [0.25, 0.3) is 0 Å². The third-order valence-electron chi connectivity index (χ3n) is 2.70. The van der Waals surface area contributed by atoms with Crippen LogP contribution in [0.2, 0.25) is 0 Å². The van der Waals surface area contributed by atoms with Crippen LogP contribution in [-0.4, -0.2) is 23.7 Å². The fourth-order valence-electron chi connectivity index (χ4n) is 1.71. The van der Waals surface area contributed by atoms with Gasteiger partial charge in [0.15, 0.2) is 11.6 Å². The molecular weight excluding hydrogens is 254 g/mol. The Morgan fingerprint density at radius 2 is 2.10 bits per heavy atom. The predicted octanol–water partition coefficient (Wildman–Crippen LogP) is 2.89. The maximum absolute atomic E-state index is 5.66. The van der Waals surface area contributed by atoms with Crippen molar-refractivity contribution >= 4 is 5.82 Å². The van der Waals surface area contributed by atoms with Crippen molar-refractivity contribution in [2.24, 2.45) is 0 Å². The first kappa shape index (κ1) is 14.1. The molecule has 20 heavy (non-hydrogen) atoms. The molecular formula is C15H19N3O2. The van der Waals surface area contributed by atoms with Gasteiger partial charge in [-0.2, -0.15) is 0 Å². The van der Waals surface area contributed by atoms with E-state index in [1.165, 1.54) is 0 Å². The number of nitrogens with one attached hydrogen (secondary N) is 1. The Morgan fingerprint density at radius 1 is 1.20 bits per heavy atom. The Hall–Kier alpha value is -2.30. The Labute approximate surface area is 119 Å². The number of nitrogens with zero attached hydrogens (tertiary/aromatic N) is 2. The minimum atomic E-state index is 0.604. The lowest BCUT2D eigenvalue weighted by Crippen LogP contribution is -2.05. The lowest BCUT2D eigenvalue weighted by atomic mass is 10.2. The zero-order chi connectivity index (χ0) is 14.2. The van der Waals surface area contributed by atoms with Crippen LogP contribution in [0.5, 0.6) is 11.6 Å². The van der Waals surface area contributed by atoms with Gasteiger partial charge in [0.1, 0.15) is 0 Å². The monoisotopic (exact) mass is 273 g/mol. The van der Waals surface area contributed by atoms with Crippen molar-refractivity contribution in [3.8, 4) is 11.6 Å². The molecule has 0 radical (unpaired) electrons. The summed E-state index contributed by atoms with van der Waals surface area (Å²) in [5.74, 6) is 2.12. The van der Waals surface area contributed by atoms with Crippen molar-refractivity contribution in [1.82, 2.24) is 9.97 Å². The minimum absolute atomic E-state index is 0.604. The van der Waals surface area contributed by atoms with Crippen LogP contribution < -0.4 is 14.8 Å². The van der Waals surface area contributed by atoms with Gasteiger partial charge in [-0.05, 0) is 30.2 Å². The summed E-state index contributed by atoms with van der Waals surface area (Å²) in [6.07, 6.45) is 4.44. The first-order valence-corrected chi connectivity index (χ1v) is 6.64. The zero-order valence-corrected chi connectivity index (χ0v) is 11.8. The first-order valence-electron chi connectivity index (χ1n) is 6.64. The number of anilines is 1. The SMILES string of the molecule is CCCOc1cccnc1NCc1ccnc(OC)c1. The number of ether oxygens (including phenoxy) is 2. The molecule has 0 atom stereocenters. The van der Waals surface area contributed by atoms with E-state index in [1.807, 2.05) is 24.3 Å². The molecule has 0 aromatic carbocycles. The summed E-state index contributed by atoms with van der Waals surface area (Å²) in [7, 11) is 1.61. The van der Waals surface area contributed by atoms with Crippen LogP contribution in [0.15, 0.2) is 36.7 Å². The number of pyridine rings is 2. The molecule has 0 aliphatic rings. The van der Waals surface area contributed by atoms with Crippen molar-refractivity contribution in [3.63, 3.8) is 0 Å². The summed E-state index contributed by atoms with van der Waals surface area (Å²) in [5, 5.41) is 3.27.